The largest absolute Gasteiger partial charge is 0.481 e. The molecule has 1 rings (SSSR count). The maximum Gasteiger partial charge on any atom is 0.303 e. The van der Waals surface area contributed by atoms with E-state index in [1.807, 2.05) is 0 Å². The summed E-state index contributed by atoms with van der Waals surface area (Å²) in [5, 5.41) is 17.3. The van der Waals surface area contributed by atoms with Crippen LogP contribution in [0.3, 0.4) is 0 Å². The van der Waals surface area contributed by atoms with Gasteiger partial charge in [0.25, 0.3) is 0 Å². The first kappa shape index (κ1) is 16.0. The lowest BCUT2D eigenvalue weighted by Crippen LogP contribution is -2.04. The molecule has 2 N–H and O–H groups in total. The molecule has 1 aliphatic carbocycles. The molecule has 0 heterocycles. The molecule has 1 aliphatic rings. The van der Waals surface area contributed by atoms with E-state index in [1.165, 1.54) is 25.7 Å². The molecule has 4 heteroatoms. The van der Waals surface area contributed by atoms with Crippen molar-refractivity contribution >= 4 is 11.9 Å². The van der Waals surface area contributed by atoms with Crippen LogP contribution >= 0.6 is 0 Å². The van der Waals surface area contributed by atoms with E-state index in [9.17, 15) is 9.59 Å². The molecule has 19 heavy (non-hydrogen) atoms. The van der Waals surface area contributed by atoms with E-state index >= 15 is 0 Å². The first-order valence-electron chi connectivity index (χ1n) is 7.51. The van der Waals surface area contributed by atoms with Crippen LogP contribution in [0.1, 0.15) is 70.6 Å². The monoisotopic (exact) mass is 270 g/mol. The summed E-state index contributed by atoms with van der Waals surface area (Å²) in [4.78, 5) is 21.0. The number of carboxylic acid groups (broad SMARTS) is 2. The second-order valence-corrected chi connectivity index (χ2v) is 5.84. The molecular weight excluding hydrogens is 244 g/mol. The molecule has 0 spiro atoms. The fraction of sp³-hybridized carbons (Fsp3) is 0.867. The molecule has 110 valence electrons. The fourth-order valence-corrected chi connectivity index (χ4v) is 3.11. The topological polar surface area (TPSA) is 74.6 Å². The summed E-state index contributed by atoms with van der Waals surface area (Å²) in [5.41, 5.74) is 0. The summed E-state index contributed by atoms with van der Waals surface area (Å²) in [6, 6.07) is 0. The summed E-state index contributed by atoms with van der Waals surface area (Å²) in [6.45, 7) is 0. The molecule has 2 atom stereocenters. The highest BCUT2D eigenvalue weighted by molar-refractivity contribution is 5.67. The quantitative estimate of drug-likeness (QED) is 0.594. The molecule has 0 aromatic rings. The normalized spacial score (nSPS) is 22.5. The lowest BCUT2D eigenvalue weighted by atomic mass is 9.96. The second-order valence-electron chi connectivity index (χ2n) is 5.84. The zero-order chi connectivity index (χ0) is 14.1. The molecule has 0 bridgehead atoms. The van der Waals surface area contributed by atoms with Crippen LogP contribution in [0, 0.1) is 11.8 Å². The number of carboxylic acids is 2. The van der Waals surface area contributed by atoms with Crippen molar-refractivity contribution in [1.82, 2.24) is 0 Å². The molecule has 0 saturated heterocycles. The van der Waals surface area contributed by atoms with E-state index in [0.717, 1.165) is 38.0 Å². The van der Waals surface area contributed by atoms with E-state index in [1.54, 1.807) is 0 Å². The molecule has 0 aromatic carbocycles. The van der Waals surface area contributed by atoms with E-state index in [2.05, 4.69) is 0 Å². The molecule has 1 saturated carbocycles. The smallest absolute Gasteiger partial charge is 0.303 e. The zero-order valence-corrected chi connectivity index (χ0v) is 11.6. The van der Waals surface area contributed by atoms with Gasteiger partial charge in [-0.15, -0.1) is 0 Å². The summed E-state index contributed by atoms with van der Waals surface area (Å²) in [7, 11) is 0. The molecule has 2 unspecified atom stereocenters. The number of rotatable bonds is 10. The Labute approximate surface area is 115 Å². The van der Waals surface area contributed by atoms with Crippen LogP contribution in [-0.4, -0.2) is 22.2 Å². The Hall–Kier alpha value is -1.06. The predicted molar refractivity (Wildman–Crippen MR) is 73.0 cm³/mol. The number of unbranched alkanes of at least 4 members (excludes halogenated alkanes) is 4. The highest BCUT2D eigenvalue weighted by atomic mass is 16.4. The Morgan fingerprint density at radius 1 is 0.842 bits per heavy atom. The summed E-state index contributed by atoms with van der Waals surface area (Å²) < 4.78 is 0. The van der Waals surface area contributed by atoms with Gasteiger partial charge in [-0.3, -0.25) is 9.59 Å². The van der Waals surface area contributed by atoms with Crippen LogP contribution in [0.4, 0.5) is 0 Å². The lowest BCUT2D eigenvalue weighted by molar-refractivity contribution is -0.138. The van der Waals surface area contributed by atoms with Gasteiger partial charge in [-0.2, -0.15) is 0 Å². The third-order valence-corrected chi connectivity index (χ3v) is 4.12. The van der Waals surface area contributed by atoms with Crippen LogP contribution in [0.25, 0.3) is 0 Å². The van der Waals surface area contributed by atoms with Gasteiger partial charge in [-0.1, -0.05) is 38.5 Å². The van der Waals surface area contributed by atoms with E-state index in [4.69, 9.17) is 10.2 Å². The van der Waals surface area contributed by atoms with E-state index in [-0.39, 0.29) is 0 Å². The molecule has 0 aromatic heterocycles. The summed E-state index contributed by atoms with van der Waals surface area (Å²) >= 11 is 0. The standard InChI is InChI=1S/C15H26O4/c16-14(17)7-5-3-1-2-4-6-12-8-9-13(10-12)11-15(18)19/h12-13H,1-11H2,(H,16,17)(H,18,19). The molecule has 1 fully saturated rings. The van der Waals surface area contributed by atoms with Crippen LogP contribution < -0.4 is 0 Å². The van der Waals surface area contributed by atoms with Crippen molar-refractivity contribution in [3.8, 4) is 0 Å². The van der Waals surface area contributed by atoms with Gasteiger partial charge in [-0.25, -0.2) is 0 Å². The highest BCUT2D eigenvalue weighted by Crippen LogP contribution is 2.36. The molecule has 0 radical (unpaired) electrons. The molecule has 0 amide bonds. The van der Waals surface area contributed by atoms with Crippen LogP contribution in [0.5, 0.6) is 0 Å². The average molecular weight is 270 g/mol. The van der Waals surface area contributed by atoms with Gasteiger partial charge in [0.2, 0.25) is 0 Å². The van der Waals surface area contributed by atoms with Gasteiger partial charge >= 0.3 is 11.9 Å². The van der Waals surface area contributed by atoms with Crippen molar-refractivity contribution in [1.29, 1.82) is 0 Å². The van der Waals surface area contributed by atoms with Crippen LogP contribution in [0.2, 0.25) is 0 Å². The first-order valence-corrected chi connectivity index (χ1v) is 7.51. The minimum atomic E-state index is -0.699. The van der Waals surface area contributed by atoms with Crippen LogP contribution in [-0.2, 0) is 9.59 Å². The minimum absolute atomic E-state index is 0.291. The first-order chi connectivity index (χ1) is 9.08. The maximum absolute atomic E-state index is 10.6. The van der Waals surface area contributed by atoms with Crippen molar-refractivity contribution in [3.63, 3.8) is 0 Å². The van der Waals surface area contributed by atoms with Gasteiger partial charge in [0, 0.05) is 12.8 Å². The Bertz CT molecular complexity index is 288. The van der Waals surface area contributed by atoms with Gasteiger partial charge in [0.05, 0.1) is 0 Å². The summed E-state index contributed by atoms with van der Waals surface area (Å²) in [6.07, 6.45) is 10.5. The highest BCUT2D eigenvalue weighted by Gasteiger charge is 2.25. The third-order valence-electron chi connectivity index (χ3n) is 4.12. The Morgan fingerprint density at radius 2 is 1.47 bits per heavy atom. The van der Waals surface area contributed by atoms with Gasteiger partial charge in [0.1, 0.15) is 0 Å². The maximum atomic E-state index is 10.6. The van der Waals surface area contributed by atoms with Crippen molar-refractivity contribution in [3.05, 3.63) is 0 Å². The Kier molecular flexibility index (Phi) is 7.53. The van der Waals surface area contributed by atoms with Gasteiger partial charge in [0.15, 0.2) is 0 Å². The number of hydrogen-bond acceptors (Lipinski definition) is 2. The van der Waals surface area contributed by atoms with Crippen LogP contribution in [0.15, 0.2) is 0 Å². The third kappa shape index (κ3) is 7.85. The predicted octanol–water partition coefficient (Wildman–Crippen LogP) is 3.69. The summed E-state index contributed by atoms with van der Waals surface area (Å²) in [5.74, 6) is -0.235. The average Bonchev–Trinajstić information content (AvgIpc) is 2.74. The molecule has 4 nitrogen and oxygen atoms in total. The fourth-order valence-electron chi connectivity index (χ4n) is 3.11. The molecule has 0 aliphatic heterocycles. The van der Waals surface area contributed by atoms with Crippen molar-refractivity contribution in [2.24, 2.45) is 11.8 Å². The van der Waals surface area contributed by atoms with Crippen molar-refractivity contribution in [2.75, 3.05) is 0 Å². The van der Waals surface area contributed by atoms with Crippen molar-refractivity contribution in [2.45, 2.75) is 70.6 Å². The minimum Gasteiger partial charge on any atom is -0.481 e. The Morgan fingerprint density at radius 3 is 2.16 bits per heavy atom. The SMILES string of the molecule is O=C(O)CCCCCCCC1CCC(CC(=O)O)C1. The van der Waals surface area contributed by atoms with Gasteiger partial charge < -0.3 is 10.2 Å². The van der Waals surface area contributed by atoms with Crippen molar-refractivity contribution < 1.29 is 19.8 Å². The Balaban J connectivity index is 1.93. The zero-order valence-electron chi connectivity index (χ0n) is 11.6. The number of carbonyl (C=O) groups is 2. The second kappa shape index (κ2) is 8.94. The number of aliphatic carboxylic acids is 2. The van der Waals surface area contributed by atoms with E-state index < -0.39 is 11.9 Å². The van der Waals surface area contributed by atoms with Gasteiger partial charge in [-0.05, 0) is 31.1 Å². The lowest BCUT2D eigenvalue weighted by Gasteiger charge is -2.09. The number of hydrogen-bond donors (Lipinski definition) is 2. The molecular formula is C15H26O4. The van der Waals surface area contributed by atoms with E-state index in [0.29, 0.717) is 18.8 Å².